The monoisotopic (exact) mass is 418 g/mol. The molecule has 7 heteroatoms. The summed E-state index contributed by atoms with van der Waals surface area (Å²) >= 11 is 9.19. The number of aromatic nitrogens is 1. The lowest BCUT2D eigenvalue weighted by Crippen LogP contribution is -2.37. The predicted octanol–water partition coefficient (Wildman–Crippen LogP) is 5.50. The number of hydrogen-bond donors (Lipinski definition) is 0. The fourth-order valence-corrected chi connectivity index (χ4v) is 4.93. The molecule has 1 aliphatic rings. The van der Waals surface area contributed by atoms with E-state index in [4.69, 9.17) is 21.3 Å². The molecule has 2 aromatic carbocycles. The van der Waals surface area contributed by atoms with Gasteiger partial charge in [0.2, 0.25) is 0 Å². The fraction of sp³-hybridized carbons (Fsp3) is 0.300. The second-order valence-electron chi connectivity index (χ2n) is 6.36. The maximum Gasteiger partial charge on any atom is 0.260 e. The number of hydrogen-bond acceptors (Lipinski definition) is 5. The molecule has 0 bridgehead atoms. The van der Waals surface area contributed by atoms with Crippen molar-refractivity contribution < 1.29 is 9.53 Å². The lowest BCUT2D eigenvalue weighted by atomic mass is 10.2. The van der Waals surface area contributed by atoms with Crippen LogP contribution in [-0.2, 0) is 4.74 Å². The van der Waals surface area contributed by atoms with Crippen molar-refractivity contribution in [1.29, 1.82) is 0 Å². The van der Waals surface area contributed by atoms with Crippen LogP contribution in [0.1, 0.15) is 23.2 Å². The molecule has 4 rings (SSSR count). The maximum atomic E-state index is 13.3. The van der Waals surface area contributed by atoms with Crippen LogP contribution in [0.2, 0.25) is 5.02 Å². The van der Waals surface area contributed by atoms with E-state index in [-0.39, 0.29) is 12.0 Å². The molecule has 27 heavy (non-hydrogen) atoms. The summed E-state index contributed by atoms with van der Waals surface area (Å²) in [5, 5.41) is 1.32. The number of halogens is 1. The Bertz CT molecular complexity index is 952. The average molecular weight is 419 g/mol. The van der Waals surface area contributed by atoms with Gasteiger partial charge in [0.25, 0.3) is 5.91 Å². The molecule has 1 atom stereocenters. The second kappa shape index (κ2) is 8.19. The molecule has 1 aliphatic heterocycles. The number of amides is 1. The zero-order valence-electron chi connectivity index (χ0n) is 14.9. The Morgan fingerprint density at radius 2 is 2.15 bits per heavy atom. The summed E-state index contributed by atoms with van der Waals surface area (Å²) in [7, 11) is 0. The third kappa shape index (κ3) is 3.99. The first-order valence-electron chi connectivity index (χ1n) is 8.78. The van der Waals surface area contributed by atoms with Crippen LogP contribution < -0.4 is 4.90 Å². The summed E-state index contributed by atoms with van der Waals surface area (Å²) in [4.78, 5) is 21.0. The number of para-hydroxylation sites is 1. The van der Waals surface area contributed by atoms with Crippen molar-refractivity contribution in [3.63, 3.8) is 0 Å². The number of fused-ring (bicyclic) bond motifs is 1. The highest BCUT2D eigenvalue weighted by atomic mass is 35.5. The van der Waals surface area contributed by atoms with Gasteiger partial charge in [-0.2, -0.15) is 0 Å². The number of rotatable bonds is 5. The molecule has 1 amide bonds. The number of thioether (sulfide) groups is 1. The molecule has 0 saturated carbocycles. The quantitative estimate of drug-likeness (QED) is 0.513. The van der Waals surface area contributed by atoms with Crippen LogP contribution in [0.5, 0.6) is 0 Å². The molecule has 0 aliphatic carbocycles. The van der Waals surface area contributed by atoms with Gasteiger partial charge in [-0.05, 0) is 55.5 Å². The Hall–Kier alpha value is -1.60. The molecular weight excluding hydrogens is 400 g/mol. The number of carbonyl (C=O) groups is 1. The van der Waals surface area contributed by atoms with Gasteiger partial charge >= 0.3 is 0 Å². The minimum Gasteiger partial charge on any atom is -0.376 e. The third-order valence-electron chi connectivity index (χ3n) is 4.57. The first-order chi connectivity index (χ1) is 13.2. The van der Waals surface area contributed by atoms with Crippen LogP contribution in [0, 0.1) is 0 Å². The summed E-state index contributed by atoms with van der Waals surface area (Å²) in [5.74, 6) is -0.0769. The Kier molecular flexibility index (Phi) is 5.68. The molecular formula is C20H19ClN2O2S2. The van der Waals surface area contributed by atoms with E-state index in [1.165, 1.54) is 0 Å². The molecule has 1 fully saturated rings. The Balaban J connectivity index is 1.73. The second-order valence-corrected chi connectivity index (χ2v) is 8.65. The fourth-order valence-electron chi connectivity index (χ4n) is 3.18. The average Bonchev–Trinajstić information content (AvgIpc) is 3.35. The number of carbonyl (C=O) groups excluding carboxylic acids is 1. The summed E-state index contributed by atoms with van der Waals surface area (Å²) < 4.78 is 6.87. The Morgan fingerprint density at radius 3 is 2.85 bits per heavy atom. The van der Waals surface area contributed by atoms with Crippen molar-refractivity contribution >= 4 is 56.0 Å². The molecule has 1 saturated heterocycles. The van der Waals surface area contributed by atoms with Gasteiger partial charge in [0.15, 0.2) is 5.13 Å². The van der Waals surface area contributed by atoms with Crippen LogP contribution in [0.3, 0.4) is 0 Å². The largest absolute Gasteiger partial charge is 0.376 e. The smallest absolute Gasteiger partial charge is 0.260 e. The summed E-state index contributed by atoms with van der Waals surface area (Å²) in [6.45, 7) is 1.26. The first-order valence-corrected chi connectivity index (χ1v) is 11.2. The van der Waals surface area contributed by atoms with E-state index in [9.17, 15) is 4.79 Å². The van der Waals surface area contributed by atoms with Gasteiger partial charge in [-0.25, -0.2) is 4.98 Å². The van der Waals surface area contributed by atoms with E-state index in [1.54, 1.807) is 52.3 Å². The molecule has 0 N–H and O–H groups in total. The molecule has 2 heterocycles. The predicted molar refractivity (Wildman–Crippen MR) is 114 cm³/mol. The van der Waals surface area contributed by atoms with E-state index >= 15 is 0 Å². The van der Waals surface area contributed by atoms with Crippen molar-refractivity contribution in [3.05, 3.63) is 53.1 Å². The van der Waals surface area contributed by atoms with Gasteiger partial charge in [0.05, 0.1) is 22.9 Å². The van der Waals surface area contributed by atoms with E-state index in [0.29, 0.717) is 22.3 Å². The van der Waals surface area contributed by atoms with Crippen LogP contribution in [0.15, 0.2) is 47.4 Å². The van der Waals surface area contributed by atoms with Gasteiger partial charge in [-0.1, -0.05) is 29.0 Å². The van der Waals surface area contributed by atoms with Crippen molar-refractivity contribution in [2.45, 2.75) is 23.8 Å². The molecule has 0 radical (unpaired) electrons. The van der Waals surface area contributed by atoms with Crippen molar-refractivity contribution in [2.75, 3.05) is 24.3 Å². The summed E-state index contributed by atoms with van der Waals surface area (Å²) in [6.07, 6.45) is 4.08. The van der Waals surface area contributed by atoms with Crippen molar-refractivity contribution in [3.8, 4) is 0 Å². The SMILES string of the molecule is CSc1cccc2sc(N(CC3CCCO3)C(=O)c3ccc(Cl)cc3)nc12. The molecule has 1 aromatic heterocycles. The van der Waals surface area contributed by atoms with E-state index in [0.717, 1.165) is 34.6 Å². The Morgan fingerprint density at radius 1 is 1.33 bits per heavy atom. The van der Waals surface area contributed by atoms with Crippen LogP contribution in [0.25, 0.3) is 10.2 Å². The van der Waals surface area contributed by atoms with Gasteiger partial charge in [0.1, 0.15) is 0 Å². The van der Waals surface area contributed by atoms with Crippen LogP contribution in [-0.4, -0.2) is 36.4 Å². The van der Waals surface area contributed by atoms with Crippen LogP contribution in [0.4, 0.5) is 5.13 Å². The van der Waals surface area contributed by atoms with Crippen LogP contribution >= 0.6 is 34.7 Å². The Labute approximate surface area is 171 Å². The topological polar surface area (TPSA) is 42.4 Å². The zero-order chi connectivity index (χ0) is 18.8. The third-order valence-corrected chi connectivity index (χ3v) is 6.63. The van der Waals surface area contributed by atoms with Gasteiger partial charge in [-0.3, -0.25) is 9.69 Å². The van der Waals surface area contributed by atoms with E-state index < -0.39 is 0 Å². The standard InChI is InChI=1S/C20H19ClN2O2S2/c1-26-16-5-2-6-17-18(16)22-20(27-17)23(12-15-4-3-11-25-15)19(24)13-7-9-14(21)10-8-13/h2,5-10,15H,3-4,11-12H2,1H3. The number of anilines is 1. The van der Waals surface area contributed by atoms with Crippen molar-refractivity contribution in [1.82, 2.24) is 4.98 Å². The number of benzene rings is 2. The molecule has 4 nitrogen and oxygen atoms in total. The first kappa shape index (κ1) is 18.7. The highest BCUT2D eigenvalue weighted by Crippen LogP contribution is 2.35. The number of ether oxygens (including phenoxy) is 1. The number of nitrogens with zero attached hydrogens (tertiary/aromatic N) is 2. The van der Waals surface area contributed by atoms with Gasteiger partial charge < -0.3 is 4.74 Å². The normalized spacial score (nSPS) is 16.7. The summed E-state index contributed by atoms with van der Waals surface area (Å²) in [5.41, 5.74) is 1.55. The van der Waals surface area contributed by atoms with E-state index in [2.05, 4.69) is 6.07 Å². The number of thiazole rings is 1. The van der Waals surface area contributed by atoms with Gasteiger partial charge in [0, 0.05) is 22.1 Å². The van der Waals surface area contributed by atoms with Gasteiger partial charge in [-0.15, -0.1) is 11.8 Å². The molecule has 1 unspecified atom stereocenters. The van der Waals surface area contributed by atoms with Crippen molar-refractivity contribution in [2.24, 2.45) is 0 Å². The molecule has 140 valence electrons. The minimum atomic E-state index is -0.0769. The highest BCUT2D eigenvalue weighted by molar-refractivity contribution is 7.98. The summed E-state index contributed by atoms with van der Waals surface area (Å²) in [6, 6.07) is 13.1. The minimum absolute atomic E-state index is 0.0493. The zero-order valence-corrected chi connectivity index (χ0v) is 17.2. The van der Waals surface area contributed by atoms with E-state index in [1.807, 2.05) is 18.4 Å². The maximum absolute atomic E-state index is 13.3. The molecule has 3 aromatic rings. The highest BCUT2D eigenvalue weighted by Gasteiger charge is 2.27. The molecule has 0 spiro atoms. The lowest BCUT2D eigenvalue weighted by Gasteiger charge is -2.23. The lowest BCUT2D eigenvalue weighted by molar-refractivity contribution is 0.0917.